The summed E-state index contributed by atoms with van der Waals surface area (Å²) in [5, 5.41) is 0. The highest BCUT2D eigenvalue weighted by Gasteiger charge is 2.41. The third kappa shape index (κ3) is 4.28. The summed E-state index contributed by atoms with van der Waals surface area (Å²) in [5.41, 5.74) is 5.01. The number of para-hydroxylation sites is 1. The van der Waals surface area contributed by atoms with Gasteiger partial charge in [-0.1, -0.05) is 65.8 Å². The van der Waals surface area contributed by atoms with E-state index in [4.69, 9.17) is 0 Å². The van der Waals surface area contributed by atoms with Gasteiger partial charge >= 0.3 is 0 Å². The third-order valence-corrected chi connectivity index (χ3v) is 6.50. The first kappa shape index (κ1) is 21.3. The molecule has 0 radical (unpaired) electrons. The molecule has 0 spiro atoms. The summed E-state index contributed by atoms with van der Waals surface area (Å²) in [7, 11) is 0. The molecule has 0 unspecified atom stereocenters. The van der Waals surface area contributed by atoms with E-state index in [-0.39, 0.29) is 17.8 Å². The second-order valence-electron chi connectivity index (χ2n) is 9.65. The number of piperazine rings is 1. The predicted molar refractivity (Wildman–Crippen MR) is 117 cm³/mol. The minimum absolute atomic E-state index is 0. The Kier molecular flexibility index (Phi) is 6.51. The van der Waals surface area contributed by atoms with E-state index in [1.165, 1.54) is 42.9 Å². The molecule has 0 bridgehead atoms. The predicted octanol–water partition coefficient (Wildman–Crippen LogP) is 5.73. The smallest absolute Gasteiger partial charge is 0.0443 e. The number of rotatable bonds is 4. The average molecular weight is 377 g/mol. The monoisotopic (exact) mass is 376 g/mol. The summed E-state index contributed by atoms with van der Waals surface area (Å²) < 4.78 is 0. The first-order valence-corrected chi connectivity index (χ1v) is 9.98. The highest BCUT2D eigenvalue weighted by molar-refractivity contribution is 5.85. The van der Waals surface area contributed by atoms with Crippen LogP contribution < -0.4 is 4.90 Å². The van der Waals surface area contributed by atoms with Gasteiger partial charge < -0.3 is 4.90 Å². The van der Waals surface area contributed by atoms with Crippen molar-refractivity contribution in [2.45, 2.75) is 48.0 Å². The van der Waals surface area contributed by atoms with Gasteiger partial charge in [-0.25, -0.2) is 0 Å². The summed E-state index contributed by atoms with van der Waals surface area (Å²) >= 11 is 0. The van der Waals surface area contributed by atoms with E-state index in [1.54, 1.807) is 0 Å². The quantitative estimate of drug-likeness (QED) is 0.662. The molecule has 1 aliphatic heterocycles. The minimum atomic E-state index is 0. The lowest BCUT2D eigenvalue weighted by atomic mass is 9.70. The fraction of sp³-hybridized carbons (Fsp3) is 0.652. The molecule has 0 amide bonds. The Morgan fingerprint density at radius 2 is 1.58 bits per heavy atom. The Labute approximate surface area is 167 Å². The number of hydrogen-bond acceptors (Lipinski definition) is 2. The molecule has 1 saturated heterocycles. The SMILES string of the molecule is CC(C)CN1CCN(c2ccccc2C2=CC(C)(C)C(C)(C)C2)CC1.Cl. The fourth-order valence-electron chi connectivity index (χ4n) is 4.27. The van der Waals surface area contributed by atoms with E-state index in [0.717, 1.165) is 19.0 Å². The van der Waals surface area contributed by atoms with Gasteiger partial charge in [-0.05, 0) is 34.8 Å². The van der Waals surface area contributed by atoms with Crippen LogP contribution in [0, 0.1) is 16.7 Å². The lowest BCUT2D eigenvalue weighted by Gasteiger charge is -2.38. The highest BCUT2D eigenvalue weighted by Crippen LogP contribution is 2.54. The van der Waals surface area contributed by atoms with Gasteiger partial charge in [0.15, 0.2) is 0 Å². The van der Waals surface area contributed by atoms with E-state index in [0.29, 0.717) is 5.41 Å². The van der Waals surface area contributed by atoms with E-state index < -0.39 is 0 Å². The molecule has 0 atom stereocenters. The van der Waals surface area contributed by atoms with Crippen molar-refractivity contribution in [1.29, 1.82) is 0 Å². The van der Waals surface area contributed by atoms with E-state index in [9.17, 15) is 0 Å². The lowest BCUT2D eigenvalue weighted by Crippen LogP contribution is -2.47. The maximum Gasteiger partial charge on any atom is 0.0443 e. The van der Waals surface area contributed by atoms with Crippen molar-refractivity contribution in [1.82, 2.24) is 4.90 Å². The molecular formula is C23H37ClN2. The molecule has 3 rings (SSSR count). The Hall–Kier alpha value is -0.990. The van der Waals surface area contributed by atoms with Crippen LogP contribution in [0.2, 0.25) is 0 Å². The van der Waals surface area contributed by atoms with Crippen molar-refractivity contribution < 1.29 is 0 Å². The molecule has 1 aromatic rings. The molecule has 1 aromatic carbocycles. The van der Waals surface area contributed by atoms with Crippen LogP contribution in [0.3, 0.4) is 0 Å². The molecule has 146 valence electrons. The summed E-state index contributed by atoms with van der Waals surface area (Å²) in [4.78, 5) is 5.22. The zero-order chi connectivity index (χ0) is 18.2. The van der Waals surface area contributed by atoms with Crippen molar-refractivity contribution >= 4 is 23.7 Å². The number of halogens is 1. The maximum absolute atomic E-state index is 2.62. The third-order valence-electron chi connectivity index (χ3n) is 6.50. The summed E-state index contributed by atoms with van der Waals surface area (Å²) in [6.07, 6.45) is 3.70. The number of benzene rings is 1. The van der Waals surface area contributed by atoms with Gasteiger partial charge in [0.1, 0.15) is 0 Å². The number of allylic oxidation sites excluding steroid dienone is 2. The first-order valence-electron chi connectivity index (χ1n) is 9.98. The van der Waals surface area contributed by atoms with Crippen molar-refractivity contribution in [3.8, 4) is 0 Å². The van der Waals surface area contributed by atoms with E-state index >= 15 is 0 Å². The van der Waals surface area contributed by atoms with Crippen LogP contribution in [0.15, 0.2) is 30.3 Å². The molecule has 3 heteroatoms. The first-order chi connectivity index (χ1) is 11.7. The molecule has 1 aliphatic carbocycles. The highest BCUT2D eigenvalue weighted by atomic mass is 35.5. The van der Waals surface area contributed by atoms with Crippen LogP contribution >= 0.6 is 12.4 Å². The van der Waals surface area contributed by atoms with Gasteiger partial charge in [0, 0.05) is 44.0 Å². The maximum atomic E-state index is 2.62. The summed E-state index contributed by atoms with van der Waals surface area (Å²) in [5.74, 6) is 0.756. The fourth-order valence-corrected chi connectivity index (χ4v) is 4.27. The van der Waals surface area contributed by atoms with E-state index in [1.807, 2.05) is 0 Å². The van der Waals surface area contributed by atoms with Crippen molar-refractivity contribution in [3.05, 3.63) is 35.9 Å². The van der Waals surface area contributed by atoms with Gasteiger partial charge in [-0.3, -0.25) is 4.90 Å². The van der Waals surface area contributed by atoms with Crippen LogP contribution in [0.25, 0.3) is 5.57 Å². The molecule has 2 aliphatic rings. The van der Waals surface area contributed by atoms with Crippen molar-refractivity contribution in [2.24, 2.45) is 16.7 Å². The molecule has 0 saturated carbocycles. The van der Waals surface area contributed by atoms with Crippen LogP contribution in [0.5, 0.6) is 0 Å². The standard InChI is InChI=1S/C23H36N2.ClH/c1-18(2)17-24-11-13-25(14-12-24)21-10-8-7-9-20(21)19-15-22(3,4)23(5,6)16-19;/h7-10,15,18H,11-14,16-17H2,1-6H3;1H. The minimum Gasteiger partial charge on any atom is -0.368 e. The summed E-state index contributed by atoms with van der Waals surface area (Å²) in [6, 6.07) is 9.06. The zero-order valence-electron chi connectivity index (χ0n) is 17.5. The number of anilines is 1. The Morgan fingerprint density at radius 1 is 0.962 bits per heavy atom. The molecule has 0 N–H and O–H groups in total. The molecule has 0 aromatic heterocycles. The molecule has 2 nitrogen and oxygen atoms in total. The number of nitrogens with zero attached hydrogens (tertiary/aromatic N) is 2. The molecular weight excluding hydrogens is 340 g/mol. The average Bonchev–Trinajstić information content (AvgIpc) is 2.75. The van der Waals surface area contributed by atoms with Gasteiger partial charge in [0.2, 0.25) is 0 Å². The van der Waals surface area contributed by atoms with Gasteiger partial charge in [-0.15, -0.1) is 12.4 Å². The lowest BCUT2D eigenvalue weighted by molar-refractivity contribution is 0.191. The zero-order valence-corrected chi connectivity index (χ0v) is 18.3. The molecule has 1 fully saturated rings. The van der Waals surface area contributed by atoms with Crippen LogP contribution in [-0.4, -0.2) is 37.6 Å². The molecule has 26 heavy (non-hydrogen) atoms. The van der Waals surface area contributed by atoms with E-state index in [2.05, 4.69) is 81.7 Å². The normalized spacial score (nSPS) is 22.3. The topological polar surface area (TPSA) is 6.48 Å². The second-order valence-corrected chi connectivity index (χ2v) is 9.65. The van der Waals surface area contributed by atoms with Crippen molar-refractivity contribution in [2.75, 3.05) is 37.6 Å². The van der Waals surface area contributed by atoms with Gasteiger partial charge in [0.05, 0.1) is 0 Å². The Balaban J connectivity index is 0.00000243. The van der Waals surface area contributed by atoms with Gasteiger partial charge in [-0.2, -0.15) is 0 Å². The van der Waals surface area contributed by atoms with Crippen LogP contribution in [-0.2, 0) is 0 Å². The van der Waals surface area contributed by atoms with Crippen molar-refractivity contribution in [3.63, 3.8) is 0 Å². The largest absolute Gasteiger partial charge is 0.368 e. The van der Waals surface area contributed by atoms with Gasteiger partial charge in [0.25, 0.3) is 0 Å². The Morgan fingerprint density at radius 3 is 2.12 bits per heavy atom. The van der Waals surface area contributed by atoms with Crippen LogP contribution in [0.4, 0.5) is 5.69 Å². The second kappa shape index (κ2) is 7.94. The molecule has 1 heterocycles. The van der Waals surface area contributed by atoms with Crippen LogP contribution in [0.1, 0.15) is 53.5 Å². The number of hydrogen-bond donors (Lipinski definition) is 0. The Bertz CT molecular complexity index is 637. The summed E-state index contributed by atoms with van der Waals surface area (Å²) in [6.45, 7) is 20.1.